The van der Waals surface area contributed by atoms with Crippen molar-refractivity contribution >= 4 is 45.4 Å². The molecule has 2 aromatic heterocycles. The van der Waals surface area contributed by atoms with E-state index in [0.717, 1.165) is 31.3 Å². The number of carbonyl (C=O) groups excluding carboxylic acids is 1. The van der Waals surface area contributed by atoms with E-state index in [4.69, 9.17) is 16.0 Å². The molecule has 1 N–H and O–H groups in total. The molecule has 0 saturated carbocycles. The number of hydrogen-bond acceptors (Lipinski definition) is 5. The van der Waals surface area contributed by atoms with Crippen LogP contribution >= 0.6 is 11.6 Å². The molecule has 8 heteroatoms. The molecule has 1 amide bonds. The van der Waals surface area contributed by atoms with Gasteiger partial charge in [-0.2, -0.15) is 0 Å². The number of amides is 1. The molecule has 0 bridgehead atoms. The summed E-state index contributed by atoms with van der Waals surface area (Å²) in [5.41, 5.74) is 2.54. The third-order valence-electron chi connectivity index (χ3n) is 5.52. The Morgan fingerprint density at radius 1 is 1.13 bits per heavy atom. The predicted octanol–water partition coefficient (Wildman–Crippen LogP) is 5.09. The van der Waals surface area contributed by atoms with Crippen molar-refractivity contribution in [1.82, 2.24) is 15.3 Å². The van der Waals surface area contributed by atoms with Crippen molar-refractivity contribution in [2.75, 3.05) is 18.0 Å². The van der Waals surface area contributed by atoms with E-state index in [1.54, 1.807) is 6.07 Å². The summed E-state index contributed by atoms with van der Waals surface area (Å²) in [6, 6.07) is 11.7. The lowest BCUT2D eigenvalue weighted by atomic mass is 10.1. The number of para-hydroxylation sites is 1. The minimum absolute atomic E-state index is 0.0675. The number of piperidine rings is 1. The lowest BCUT2D eigenvalue weighted by Crippen LogP contribution is -2.32. The summed E-state index contributed by atoms with van der Waals surface area (Å²) >= 11 is 6.07. The summed E-state index contributed by atoms with van der Waals surface area (Å²) in [7, 11) is 0. The monoisotopic (exact) mass is 438 g/mol. The van der Waals surface area contributed by atoms with Crippen LogP contribution in [0, 0.1) is 5.82 Å². The molecular weight excluding hydrogens is 419 g/mol. The van der Waals surface area contributed by atoms with Crippen LogP contribution in [0.4, 0.5) is 10.2 Å². The van der Waals surface area contributed by atoms with Crippen molar-refractivity contribution < 1.29 is 13.6 Å². The van der Waals surface area contributed by atoms with Crippen LogP contribution in [0.5, 0.6) is 0 Å². The molecule has 5 rings (SSSR count). The Hall–Kier alpha value is -3.19. The summed E-state index contributed by atoms with van der Waals surface area (Å²) < 4.78 is 19.3. The maximum absolute atomic E-state index is 13.3. The number of fused-ring (bicyclic) bond motifs is 3. The first-order valence-corrected chi connectivity index (χ1v) is 10.6. The van der Waals surface area contributed by atoms with Gasteiger partial charge in [-0.15, -0.1) is 0 Å². The van der Waals surface area contributed by atoms with Gasteiger partial charge in [0, 0.05) is 30.0 Å². The Kier molecular flexibility index (Phi) is 5.19. The van der Waals surface area contributed by atoms with E-state index < -0.39 is 11.7 Å². The zero-order valence-corrected chi connectivity index (χ0v) is 17.5. The number of nitrogens with zero attached hydrogens (tertiary/aromatic N) is 3. The third kappa shape index (κ3) is 3.81. The van der Waals surface area contributed by atoms with Crippen LogP contribution in [-0.4, -0.2) is 29.0 Å². The van der Waals surface area contributed by atoms with Gasteiger partial charge in [0.05, 0.1) is 0 Å². The largest absolute Gasteiger partial charge is 0.450 e. The zero-order valence-electron chi connectivity index (χ0n) is 16.7. The van der Waals surface area contributed by atoms with Crippen LogP contribution in [0.2, 0.25) is 5.02 Å². The number of hydrogen-bond donors (Lipinski definition) is 1. The minimum atomic E-state index is -0.425. The van der Waals surface area contributed by atoms with E-state index in [0.29, 0.717) is 28.1 Å². The van der Waals surface area contributed by atoms with Crippen molar-refractivity contribution in [3.63, 3.8) is 0 Å². The topological polar surface area (TPSA) is 71.3 Å². The smallest absolute Gasteiger partial charge is 0.289 e. The average molecular weight is 439 g/mol. The Balaban J connectivity index is 1.52. The van der Waals surface area contributed by atoms with Gasteiger partial charge in [0.15, 0.2) is 11.4 Å². The Labute approximate surface area is 183 Å². The second-order valence-electron chi connectivity index (χ2n) is 7.61. The number of carbonyl (C=O) groups is 1. The minimum Gasteiger partial charge on any atom is -0.450 e. The van der Waals surface area contributed by atoms with Gasteiger partial charge in [-0.1, -0.05) is 29.8 Å². The highest BCUT2D eigenvalue weighted by Gasteiger charge is 2.23. The summed E-state index contributed by atoms with van der Waals surface area (Å²) in [5, 5.41) is 3.89. The molecule has 1 saturated heterocycles. The number of benzene rings is 2. The Bertz CT molecular complexity index is 1280. The van der Waals surface area contributed by atoms with E-state index in [-0.39, 0.29) is 17.4 Å². The van der Waals surface area contributed by atoms with E-state index in [1.165, 1.54) is 18.6 Å². The first-order chi connectivity index (χ1) is 15.1. The van der Waals surface area contributed by atoms with Crippen LogP contribution in [0.15, 0.2) is 46.9 Å². The number of furan rings is 1. The molecule has 0 unspecified atom stereocenters. The molecule has 1 aliphatic rings. The highest BCUT2D eigenvalue weighted by molar-refractivity contribution is 6.31. The van der Waals surface area contributed by atoms with Gasteiger partial charge < -0.3 is 14.6 Å². The fourth-order valence-corrected chi connectivity index (χ4v) is 4.15. The van der Waals surface area contributed by atoms with Gasteiger partial charge in [-0.3, -0.25) is 4.79 Å². The SMILES string of the molecule is O=C(NCc1ccc(F)cc1Cl)c1nc(N2CCCCC2)c2oc3ccccc3c2n1. The van der Waals surface area contributed by atoms with Crippen molar-refractivity contribution in [2.24, 2.45) is 0 Å². The van der Waals surface area contributed by atoms with Crippen LogP contribution < -0.4 is 10.2 Å². The predicted molar refractivity (Wildman–Crippen MR) is 118 cm³/mol. The number of rotatable bonds is 4. The lowest BCUT2D eigenvalue weighted by molar-refractivity contribution is 0.0941. The van der Waals surface area contributed by atoms with Crippen LogP contribution in [-0.2, 0) is 6.54 Å². The third-order valence-corrected chi connectivity index (χ3v) is 5.87. The standard InChI is InChI=1S/C23H20ClFN4O2/c24-17-12-15(25)9-8-14(17)13-26-23(30)21-27-19-16-6-2-3-7-18(16)31-20(19)22(28-21)29-10-4-1-5-11-29/h2-3,6-9,12H,1,4-5,10-11,13H2,(H,26,30). The number of nitrogens with one attached hydrogen (secondary N) is 1. The van der Waals surface area contributed by atoms with Crippen molar-refractivity contribution in [3.8, 4) is 0 Å². The first-order valence-electron chi connectivity index (χ1n) is 10.3. The molecular formula is C23H20ClFN4O2. The zero-order chi connectivity index (χ0) is 21.4. The van der Waals surface area contributed by atoms with Gasteiger partial charge in [-0.05, 0) is 49.1 Å². The molecule has 3 heterocycles. The number of aromatic nitrogens is 2. The summed E-state index contributed by atoms with van der Waals surface area (Å²) in [6.07, 6.45) is 3.31. The fourth-order valence-electron chi connectivity index (χ4n) is 3.92. The fraction of sp³-hybridized carbons (Fsp3) is 0.261. The van der Waals surface area contributed by atoms with E-state index in [1.807, 2.05) is 24.3 Å². The molecule has 1 fully saturated rings. The highest BCUT2D eigenvalue weighted by Crippen LogP contribution is 2.34. The second-order valence-corrected chi connectivity index (χ2v) is 8.02. The molecule has 2 aromatic carbocycles. The van der Waals surface area contributed by atoms with E-state index in [2.05, 4.69) is 20.2 Å². The molecule has 0 atom stereocenters. The quantitative estimate of drug-likeness (QED) is 0.480. The number of anilines is 1. The lowest BCUT2D eigenvalue weighted by Gasteiger charge is -2.27. The molecule has 0 spiro atoms. The van der Waals surface area contributed by atoms with E-state index in [9.17, 15) is 9.18 Å². The second kappa shape index (κ2) is 8.15. The van der Waals surface area contributed by atoms with Crippen LogP contribution in [0.1, 0.15) is 35.4 Å². The summed E-state index contributed by atoms with van der Waals surface area (Å²) in [6.45, 7) is 1.86. The van der Waals surface area contributed by atoms with Gasteiger partial charge >= 0.3 is 0 Å². The molecule has 1 aliphatic heterocycles. The maximum atomic E-state index is 13.3. The molecule has 158 valence electrons. The Morgan fingerprint density at radius 3 is 2.74 bits per heavy atom. The number of halogens is 2. The van der Waals surface area contributed by atoms with Crippen molar-refractivity contribution in [1.29, 1.82) is 0 Å². The molecule has 6 nitrogen and oxygen atoms in total. The van der Waals surface area contributed by atoms with Gasteiger partial charge in [-0.25, -0.2) is 14.4 Å². The van der Waals surface area contributed by atoms with Gasteiger partial charge in [0.2, 0.25) is 5.82 Å². The highest BCUT2D eigenvalue weighted by atomic mass is 35.5. The average Bonchev–Trinajstić information content (AvgIpc) is 3.17. The van der Waals surface area contributed by atoms with Crippen molar-refractivity contribution in [2.45, 2.75) is 25.8 Å². The van der Waals surface area contributed by atoms with Crippen LogP contribution in [0.25, 0.3) is 22.1 Å². The molecule has 4 aromatic rings. The normalized spacial score (nSPS) is 14.3. The molecule has 31 heavy (non-hydrogen) atoms. The molecule has 0 radical (unpaired) electrons. The Morgan fingerprint density at radius 2 is 1.94 bits per heavy atom. The van der Waals surface area contributed by atoms with Gasteiger partial charge in [0.25, 0.3) is 5.91 Å². The van der Waals surface area contributed by atoms with Crippen molar-refractivity contribution in [3.05, 3.63) is 64.7 Å². The van der Waals surface area contributed by atoms with Gasteiger partial charge in [0.1, 0.15) is 16.9 Å². The van der Waals surface area contributed by atoms with E-state index >= 15 is 0 Å². The maximum Gasteiger partial charge on any atom is 0.289 e. The van der Waals surface area contributed by atoms with Crippen LogP contribution in [0.3, 0.4) is 0 Å². The summed E-state index contributed by atoms with van der Waals surface area (Å²) in [5.74, 6) is -0.138. The summed E-state index contributed by atoms with van der Waals surface area (Å²) in [4.78, 5) is 24.2. The first kappa shape index (κ1) is 19.8. The molecule has 0 aliphatic carbocycles.